The topological polar surface area (TPSA) is 59.7 Å². The van der Waals surface area contributed by atoms with Crippen LogP contribution in [0.4, 0.5) is 5.82 Å². The molecule has 2 aromatic heterocycles. The SMILES string of the molecule is c1ccc(CSc2cncc(N3CCCC(Cn4cncn4)C3)n2)cc1. The number of piperidine rings is 1. The number of hydrogen-bond donors (Lipinski definition) is 0. The van der Waals surface area contributed by atoms with Crippen molar-refractivity contribution < 1.29 is 0 Å². The summed E-state index contributed by atoms with van der Waals surface area (Å²) in [5.41, 5.74) is 1.30. The minimum atomic E-state index is 0.563. The molecule has 0 amide bonds. The number of anilines is 1. The lowest BCUT2D eigenvalue weighted by atomic mass is 9.98. The van der Waals surface area contributed by atoms with Gasteiger partial charge < -0.3 is 4.90 Å². The molecule has 1 unspecified atom stereocenters. The van der Waals surface area contributed by atoms with Crippen LogP contribution in [-0.4, -0.2) is 37.8 Å². The molecule has 1 saturated heterocycles. The molecule has 134 valence electrons. The standard InChI is InChI=1S/C19H22N6S/c1-2-5-16(6-3-1)13-26-19-10-20-9-18(23-19)24-8-4-7-17(11-24)12-25-15-21-14-22-25/h1-3,5-6,9-10,14-15,17H,4,7-8,11-13H2. The van der Waals surface area contributed by atoms with E-state index in [0.29, 0.717) is 5.92 Å². The Morgan fingerprint density at radius 3 is 2.88 bits per heavy atom. The van der Waals surface area contributed by atoms with Gasteiger partial charge in [-0.3, -0.25) is 9.67 Å². The third-order valence-corrected chi connectivity index (χ3v) is 5.55. The second-order valence-electron chi connectivity index (χ2n) is 6.56. The van der Waals surface area contributed by atoms with E-state index >= 15 is 0 Å². The van der Waals surface area contributed by atoms with Crippen molar-refractivity contribution in [2.24, 2.45) is 5.92 Å². The third kappa shape index (κ3) is 4.40. The first kappa shape index (κ1) is 17.0. The van der Waals surface area contributed by atoms with Crippen molar-refractivity contribution in [1.82, 2.24) is 24.7 Å². The van der Waals surface area contributed by atoms with Crippen molar-refractivity contribution >= 4 is 17.6 Å². The number of hydrogen-bond acceptors (Lipinski definition) is 6. The van der Waals surface area contributed by atoms with Gasteiger partial charge in [-0.1, -0.05) is 30.3 Å². The maximum absolute atomic E-state index is 4.83. The van der Waals surface area contributed by atoms with Gasteiger partial charge in [-0.25, -0.2) is 9.97 Å². The molecule has 3 heterocycles. The van der Waals surface area contributed by atoms with Crippen LogP contribution in [0.5, 0.6) is 0 Å². The maximum Gasteiger partial charge on any atom is 0.148 e. The summed E-state index contributed by atoms with van der Waals surface area (Å²) in [5, 5.41) is 5.21. The highest BCUT2D eigenvalue weighted by Crippen LogP contribution is 2.25. The summed E-state index contributed by atoms with van der Waals surface area (Å²) in [5.74, 6) is 2.45. The molecule has 1 aromatic carbocycles. The summed E-state index contributed by atoms with van der Waals surface area (Å²) < 4.78 is 1.92. The lowest BCUT2D eigenvalue weighted by Gasteiger charge is -2.33. The normalized spacial score (nSPS) is 17.4. The average Bonchev–Trinajstić information content (AvgIpc) is 3.21. The van der Waals surface area contributed by atoms with E-state index in [9.17, 15) is 0 Å². The van der Waals surface area contributed by atoms with Crippen LogP contribution in [-0.2, 0) is 12.3 Å². The maximum atomic E-state index is 4.83. The molecule has 1 fully saturated rings. The van der Waals surface area contributed by atoms with Gasteiger partial charge in [0.1, 0.15) is 23.5 Å². The molecule has 0 N–H and O–H groups in total. The fraction of sp³-hybridized carbons (Fsp3) is 0.368. The van der Waals surface area contributed by atoms with Crippen molar-refractivity contribution in [2.45, 2.75) is 30.2 Å². The second kappa shape index (κ2) is 8.31. The molecule has 0 aliphatic carbocycles. The zero-order valence-electron chi connectivity index (χ0n) is 14.6. The zero-order chi connectivity index (χ0) is 17.6. The minimum absolute atomic E-state index is 0.563. The molecule has 1 aliphatic rings. The Morgan fingerprint density at radius 2 is 2.04 bits per heavy atom. The molecule has 0 bridgehead atoms. The highest BCUT2D eigenvalue weighted by molar-refractivity contribution is 7.98. The van der Waals surface area contributed by atoms with Crippen molar-refractivity contribution in [3.05, 3.63) is 60.9 Å². The summed E-state index contributed by atoms with van der Waals surface area (Å²) in [6.45, 7) is 2.93. The second-order valence-corrected chi connectivity index (χ2v) is 7.56. The van der Waals surface area contributed by atoms with Crippen molar-refractivity contribution in [2.75, 3.05) is 18.0 Å². The first-order valence-electron chi connectivity index (χ1n) is 8.93. The quantitative estimate of drug-likeness (QED) is 0.624. The fourth-order valence-corrected chi connectivity index (χ4v) is 4.11. The first-order chi connectivity index (χ1) is 12.9. The molecule has 3 aromatic rings. The van der Waals surface area contributed by atoms with Crippen LogP contribution in [0.3, 0.4) is 0 Å². The molecule has 4 rings (SSSR count). The van der Waals surface area contributed by atoms with Crippen molar-refractivity contribution in [3.63, 3.8) is 0 Å². The lowest BCUT2D eigenvalue weighted by Crippen LogP contribution is -2.37. The van der Waals surface area contributed by atoms with Crippen molar-refractivity contribution in [3.8, 4) is 0 Å². The molecule has 1 atom stereocenters. The van der Waals surface area contributed by atoms with E-state index in [2.05, 4.69) is 44.2 Å². The monoisotopic (exact) mass is 366 g/mol. The largest absolute Gasteiger partial charge is 0.355 e. The van der Waals surface area contributed by atoms with Gasteiger partial charge in [0.15, 0.2) is 0 Å². The molecule has 1 aliphatic heterocycles. The van der Waals surface area contributed by atoms with Gasteiger partial charge in [-0.2, -0.15) is 5.10 Å². The molecule has 0 saturated carbocycles. The first-order valence-corrected chi connectivity index (χ1v) is 9.91. The zero-order valence-corrected chi connectivity index (χ0v) is 15.4. The van der Waals surface area contributed by atoms with E-state index in [0.717, 1.165) is 36.2 Å². The number of nitrogens with zero attached hydrogens (tertiary/aromatic N) is 6. The van der Waals surface area contributed by atoms with Crippen LogP contribution in [0.25, 0.3) is 0 Å². The predicted octanol–water partition coefficient (Wildman–Crippen LogP) is 3.28. The van der Waals surface area contributed by atoms with E-state index in [4.69, 9.17) is 4.98 Å². The Labute approximate surface area is 157 Å². The van der Waals surface area contributed by atoms with E-state index in [1.54, 1.807) is 24.4 Å². The van der Waals surface area contributed by atoms with Gasteiger partial charge in [0.05, 0.1) is 12.4 Å². The van der Waals surface area contributed by atoms with Crippen LogP contribution in [0.1, 0.15) is 18.4 Å². The van der Waals surface area contributed by atoms with Gasteiger partial charge in [0.2, 0.25) is 0 Å². The van der Waals surface area contributed by atoms with Crippen LogP contribution in [0, 0.1) is 5.92 Å². The molecular formula is C19H22N6S. The highest BCUT2D eigenvalue weighted by Gasteiger charge is 2.22. The number of thioether (sulfide) groups is 1. The van der Waals surface area contributed by atoms with E-state index < -0.39 is 0 Å². The van der Waals surface area contributed by atoms with Gasteiger partial charge in [0.25, 0.3) is 0 Å². The third-order valence-electron chi connectivity index (χ3n) is 4.58. The Balaban J connectivity index is 1.39. The number of rotatable bonds is 6. The molecule has 0 spiro atoms. The Hall–Kier alpha value is -2.41. The molecule has 6 nitrogen and oxygen atoms in total. The summed E-state index contributed by atoms with van der Waals surface area (Å²) in [7, 11) is 0. The molecular weight excluding hydrogens is 344 g/mol. The summed E-state index contributed by atoms with van der Waals surface area (Å²) in [4.78, 5) is 15.6. The predicted molar refractivity (Wildman–Crippen MR) is 103 cm³/mol. The van der Waals surface area contributed by atoms with Crippen LogP contribution < -0.4 is 4.90 Å². The molecule has 0 radical (unpaired) electrons. The Bertz CT molecular complexity index is 808. The molecule has 7 heteroatoms. The summed E-state index contributed by atoms with van der Waals surface area (Å²) >= 11 is 1.73. The van der Waals surface area contributed by atoms with Gasteiger partial charge in [0, 0.05) is 25.4 Å². The lowest BCUT2D eigenvalue weighted by molar-refractivity contribution is 0.350. The summed E-state index contributed by atoms with van der Waals surface area (Å²) in [6.07, 6.45) is 9.51. The van der Waals surface area contributed by atoms with Crippen LogP contribution >= 0.6 is 11.8 Å². The van der Waals surface area contributed by atoms with Crippen LogP contribution in [0.2, 0.25) is 0 Å². The Kier molecular flexibility index (Phi) is 5.44. The average molecular weight is 366 g/mol. The minimum Gasteiger partial charge on any atom is -0.355 e. The van der Waals surface area contributed by atoms with E-state index in [-0.39, 0.29) is 0 Å². The van der Waals surface area contributed by atoms with Gasteiger partial charge in [-0.15, -0.1) is 11.8 Å². The number of benzene rings is 1. The van der Waals surface area contributed by atoms with Gasteiger partial charge >= 0.3 is 0 Å². The number of aromatic nitrogens is 5. The van der Waals surface area contributed by atoms with Crippen molar-refractivity contribution in [1.29, 1.82) is 0 Å². The van der Waals surface area contributed by atoms with Crippen LogP contribution in [0.15, 0.2) is 60.4 Å². The Morgan fingerprint density at radius 1 is 1.12 bits per heavy atom. The highest BCUT2D eigenvalue weighted by atomic mass is 32.2. The van der Waals surface area contributed by atoms with E-state index in [1.165, 1.54) is 18.4 Å². The van der Waals surface area contributed by atoms with Gasteiger partial charge in [-0.05, 0) is 24.3 Å². The smallest absolute Gasteiger partial charge is 0.148 e. The molecule has 26 heavy (non-hydrogen) atoms. The summed E-state index contributed by atoms with van der Waals surface area (Å²) in [6, 6.07) is 10.5. The van der Waals surface area contributed by atoms with E-state index in [1.807, 2.05) is 23.1 Å². The fourth-order valence-electron chi connectivity index (χ4n) is 3.31.